The van der Waals surface area contributed by atoms with Crippen LogP contribution < -0.4 is 4.74 Å². The van der Waals surface area contributed by atoms with Gasteiger partial charge in [0.25, 0.3) is 0 Å². The van der Waals surface area contributed by atoms with Crippen molar-refractivity contribution in [2.45, 2.75) is 13.0 Å². The molecule has 1 radical (unpaired) electrons. The Labute approximate surface area is 72.8 Å². The van der Waals surface area contributed by atoms with Gasteiger partial charge in [-0.05, 0) is 24.6 Å². The van der Waals surface area contributed by atoms with Gasteiger partial charge in [-0.2, -0.15) is 0 Å². The summed E-state index contributed by atoms with van der Waals surface area (Å²) in [6.07, 6.45) is 1.37. The van der Waals surface area contributed by atoms with E-state index < -0.39 is 6.10 Å². The summed E-state index contributed by atoms with van der Waals surface area (Å²) in [5, 5.41) is 9.05. The van der Waals surface area contributed by atoms with E-state index in [1.165, 1.54) is 0 Å². The summed E-state index contributed by atoms with van der Waals surface area (Å²) < 4.78 is 5.00. The van der Waals surface area contributed by atoms with Crippen LogP contribution in [-0.4, -0.2) is 18.3 Å². The molecule has 1 unspecified atom stereocenters. The highest BCUT2D eigenvalue weighted by Crippen LogP contribution is 2.13. The van der Waals surface area contributed by atoms with Crippen LogP contribution in [-0.2, 0) is 0 Å². The molecule has 0 spiro atoms. The molecule has 0 saturated heterocycles. The fourth-order valence-electron chi connectivity index (χ4n) is 0.994. The highest BCUT2D eigenvalue weighted by Gasteiger charge is 1.98. The molecule has 65 valence electrons. The Morgan fingerprint density at radius 1 is 1.33 bits per heavy atom. The van der Waals surface area contributed by atoms with Gasteiger partial charge in [0.1, 0.15) is 5.75 Å². The first-order valence-electron chi connectivity index (χ1n) is 3.89. The molecule has 0 heterocycles. The van der Waals surface area contributed by atoms with Gasteiger partial charge in [-0.15, -0.1) is 0 Å². The second kappa shape index (κ2) is 4.12. The number of ether oxygens (including phenoxy) is 1. The lowest BCUT2D eigenvalue weighted by molar-refractivity contribution is 0.231. The molecule has 0 saturated carbocycles. The summed E-state index contributed by atoms with van der Waals surface area (Å²) in [6.45, 7) is 1.73. The normalized spacial score (nSPS) is 12.6. The van der Waals surface area contributed by atoms with Crippen LogP contribution in [0, 0.1) is 6.42 Å². The minimum atomic E-state index is -0.404. The van der Waals surface area contributed by atoms with Crippen molar-refractivity contribution in [2.75, 3.05) is 7.11 Å². The predicted octanol–water partition coefficient (Wildman–Crippen LogP) is 1.63. The quantitative estimate of drug-likeness (QED) is 0.737. The molecule has 2 heteroatoms. The topological polar surface area (TPSA) is 29.5 Å². The zero-order valence-corrected chi connectivity index (χ0v) is 7.32. The highest BCUT2D eigenvalue weighted by atomic mass is 16.5. The molecule has 0 fully saturated rings. The molecule has 0 amide bonds. The molecule has 1 aromatic rings. The number of rotatable bonds is 3. The minimum absolute atomic E-state index is 0.404. The molecule has 0 aliphatic heterocycles. The van der Waals surface area contributed by atoms with Crippen LogP contribution in [0.25, 0.3) is 0 Å². The minimum Gasteiger partial charge on any atom is -0.497 e. The fraction of sp³-hybridized carbons (Fsp3) is 0.300. The lowest BCUT2D eigenvalue weighted by Gasteiger charge is -2.04. The van der Waals surface area contributed by atoms with Gasteiger partial charge in [0, 0.05) is 6.42 Å². The van der Waals surface area contributed by atoms with Crippen molar-refractivity contribution >= 4 is 0 Å². The van der Waals surface area contributed by atoms with Crippen LogP contribution in [0.15, 0.2) is 24.3 Å². The van der Waals surface area contributed by atoms with Gasteiger partial charge in [-0.1, -0.05) is 12.1 Å². The van der Waals surface area contributed by atoms with Crippen molar-refractivity contribution in [3.63, 3.8) is 0 Å². The second-order valence-electron chi connectivity index (χ2n) is 2.68. The SMILES string of the molecule is COc1ccc([CH]C(C)O)cc1. The molecule has 1 rings (SSSR count). The van der Waals surface area contributed by atoms with E-state index in [-0.39, 0.29) is 0 Å². The average Bonchev–Trinajstić information content (AvgIpc) is 2.05. The third-order valence-electron chi connectivity index (χ3n) is 1.55. The van der Waals surface area contributed by atoms with Crippen LogP contribution in [0.2, 0.25) is 0 Å². The van der Waals surface area contributed by atoms with Crippen molar-refractivity contribution < 1.29 is 9.84 Å². The van der Waals surface area contributed by atoms with Crippen LogP contribution in [0.4, 0.5) is 0 Å². The van der Waals surface area contributed by atoms with Crippen LogP contribution in [0.5, 0.6) is 5.75 Å². The summed E-state index contributed by atoms with van der Waals surface area (Å²) in [4.78, 5) is 0. The molecular weight excluding hydrogens is 152 g/mol. The Bertz CT molecular complexity index is 226. The Morgan fingerprint density at radius 2 is 1.92 bits per heavy atom. The van der Waals surface area contributed by atoms with Gasteiger partial charge in [-0.3, -0.25) is 0 Å². The van der Waals surface area contributed by atoms with Crippen molar-refractivity contribution in [3.8, 4) is 5.75 Å². The van der Waals surface area contributed by atoms with Crippen LogP contribution in [0.1, 0.15) is 12.5 Å². The van der Waals surface area contributed by atoms with Gasteiger partial charge in [-0.25, -0.2) is 0 Å². The Kier molecular flexibility index (Phi) is 3.11. The lowest BCUT2D eigenvalue weighted by atomic mass is 10.1. The lowest BCUT2D eigenvalue weighted by Crippen LogP contribution is -2.00. The van der Waals surface area contributed by atoms with E-state index >= 15 is 0 Å². The summed E-state index contributed by atoms with van der Waals surface area (Å²) in [6, 6.07) is 7.56. The van der Waals surface area contributed by atoms with Crippen molar-refractivity contribution in [3.05, 3.63) is 36.2 Å². The largest absolute Gasteiger partial charge is 0.497 e. The predicted molar refractivity (Wildman–Crippen MR) is 48.1 cm³/mol. The first-order chi connectivity index (χ1) is 5.72. The summed E-state index contributed by atoms with van der Waals surface area (Å²) in [5.74, 6) is 0.831. The summed E-state index contributed by atoms with van der Waals surface area (Å²) >= 11 is 0. The van der Waals surface area contributed by atoms with Crippen molar-refractivity contribution in [1.82, 2.24) is 0 Å². The standard InChI is InChI=1S/C10H13O2/c1-8(11)7-9-3-5-10(12-2)6-4-9/h3-8,11H,1-2H3. The zero-order chi connectivity index (χ0) is 8.97. The average molecular weight is 165 g/mol. The van der Waals surface area contributed by atoms with Crippen molar-refractivity contribution in [1.29, 1.82) is 0 Å². The molecule has 0 bridgehead atoms. The molecule has 1 aromatic carbocycles. The number of methoxy groups -OCH3 is 1. The molecule has 12 heavy (non-hydrogen) atoms. The summed E-state index contributed by atoms with van der Waals surface area (Å²) in [7, 11) is 1.63. The maximum absolute atomic E-state index is 9.05. The van der Waals surface area contributed by atoms with Gasteiger partial charge in [0.05, 0.1) is 13.2 Å². The first kappa shape index (κ1) is 9.07. The van der Waals surface area contributed by atoms with Gasteiger partial charge < -0.3 is 9.84 Å². The van der Waals surface area contributed by atoms with E-state index in [1.807, 2.05) is 24.3 Å². The molecule has 1 N–H and O–H groups in total. The van der Waals surface area contributed by atoms with Gasteiger partial charge in [0.2, 0.25) is 0 Å². The van der Waals surface area contributed by atoms with Gasteiger partial charge in [0.15, 0.2) is 0 Å². The van der Waals surface area contributed by atoms with Crippen molar-refractivity contribution in [2.24, 2.45) is 0 Å². The maximum Gasteiger partial charge on any atom is 0.118 e. The number of hydrogen-bond donors (Lipinski definition) is 1. The van der Waals surface area contributed by atoms with E-state index in [1.54, 1.807) is 20.5 Å². The maximum atomic E-state index is 9.05. The molecule has 0 aliphatic rings. The van der Waals surface area contributed by atoms with E-state index in [0.29, 0.717) is 0 Å². The third-order valence-corrected chi connectivity index (χ3v) is 1.55. The van der Waals surface area contributed by atoms with Gasteiger partial charge >= 0.3 is 0 Å². The van der Waals surface area contributed by atoms with E-state index in [0.717, 1.165) is 11.3 Å². The second-order valence-corrected chi connectivity index (χ2v) is 2.68. The molecular formula is C10H13O2. The van der Waals surface area contributed by atoms with Crippen LogP contribution >= 0.6 is 0 Å². The molecule has 2 nitrogen and oxygen atoms in total. The third kappa shape index (κ3) is 2.55. The molecule has 1 atom stereocenters. The Balaban J connectivity index is 2.65. The molecule has 0 aliphatic carbocycles. The van der Waals surface area contributed by atoms with Crippen LogP contribution in [0.3, 0.4) is 0 Å². The molecule has 0 aromatic heterocycles. The monoisotopic (exact) mass is 165 g/mol. The van der Waals surface area contributed by atoms with E-state index in [2.05, 4.69) is 0 Å². The summed E-state index contributed by atoms with van der Waals surface area (Å²) in [5.41, 5.74) is 1.01. The smallest absolute Gasteiger partial charge is 0.118 e. The highest BCUT2D eigenvalue weighted by molar-refractivity contribution is 5.31. The number of benzene rings is 1. The van der Waals surface area contributed by atoms with E-state index in [9.17, 15) is 0 Å². The number of aliphatic hydroxyl groups is 1. The number of hydrogen-bond acceptors (Lipinski definition) is 2. The Hall–Kier alpha value is -1.02. The Morgan fingerprint density at radius 3 is 2.33 bits per heavy atom. The number of aliphatic hydroxyl groups excluding tert-OH is 1. The fourth-order valence-corrected chi connectivity index (χ4v) is 0.994. The van der Waals surface area contributed by atoms with E-state index in [4.69, 9.17) is 9.84 Å². The first-order valence-corrected chi connectivity index (χ1v) is 3.89. The zero-order valence-electron chi connectivity index (χ0n) is 7.32.